The van der Waals surface area contributed by atoms with Crippen LogP contribution in [-0.2, 0) is 30.2 Å². The number of aliphatic hydroxyl groups is 2. The molecule has 2 N–H and O–H groups in total. The highest BCUT2D eigenvalue weighted by Gasteiger charge is 2.89. The zero-order chi connectivity index (χ0) is 29.8. The monoisotopic (exact) mass is 583 g/mol. The number of hydrogen-bond donors (Lipinski definition) is 2. The second kappa shape index (κ2) is 9.56. The summed E-state index contributed by atoms with van der Waals surface area (Å²) in [5.41, 5.74) is -3.15. The number of ketones is 1. The number of hydrogen-bond acceptors (Lipinski definition) is 9. The normalized spacial score (nSPS) is 48.3. The summed E-state index contributed by atoms with van der Waals surface area (Å²) in [5.74, 6) is -1.17. The molecule has 0 radical (unpaired) electrons. The topological polar surface area (TPSA) is 115 Å². The van der Waals surface area contributed by atoms with Gasteiger partial charge in [-0.15, -0.1) is 0 Å². The molecule has 5 aliphatic carbocycles. The first-order chi connectivity index (χ1) is 20.1. The Hall–Kier alpha value is -1.88. The lowest BCUT2D eigenvalue weighted by Crippen LogP contribution is -2.83. The van der Waals surface area contributed by atoms with Crippen molar-refractivity contribution in [3.8, 4) is 0 Å². The Kier molecular flexibility index (Phi) is 6.57. The number of methoxy groups -OCH3 is 3. The van der Waals surface area contributed by atoms with Crippen molar-refractivity contribution in [1.29, 1.82) is 0 Å². The first-order valence-electron chi connectivity index (χ1n) is 15.6. The summed E-state index contributed by atoms with van der Waals surface area (Å²) in [6, 6.07) is 7.18. The van der Waals surface area contributed by atoms with Gasteiger partial charge >= 0.3 is 5.97 Å². The standard InChI is InChI=1S/C33H45NO8/c1-6-34-17-30(42-29(36)20-10-8-7-9-19(20)13-18(2)35)12-11-26(40-4)32-24(30)15-22(27(32)34)31(37)16-23(39-3)21-14-25(32)33(31,38)28(21)41-5/h7-10,21-28,37-38H,6,11-17H2,1-5H3/t21-,22?,23+,24?,25?,26+,27-,28+,30-,31+,32+,33+/m1/s1. The first kappa shape index (κ1) is 28.9. The summed E-state index contributed by atoms with van der Waals surface area (Å²) >= 11 is 0. The summed E-state index contributed by atoms with van der Waals surface area (Å²) < 4.78 is 25.1. The Labute approximate surface area is 247 Å². The molecule has 0 amide bonds. The van der Waals surface area contributed by atoms with Crippen molar-refractivity contribution in [2.24, 2.45) is 29.1 Å². The van der Waals surface area contributed by atoms with E-state index >= 15 is 0 Å². The van der Waals surface area contributed by atoms with Crippen LogP contribution < -0.4 is 0 Å². The van der Waals surface area contributed by atoms with Crippen molar-refractivity contribution in [3.05, 3.63) is 35.4 Å². The molecule has 6 aliphatic rings. The molecule has 230 valence electrons. The third kappa shape index (κ3) is 3.25. The van der Waals surface area contributed by atoms with Crippen LogP contribution in [0, 0.1) is 29.1 Å². The molecule has 1 saturated heterocycles. The molecule has 12 atom stereocenters. The van der Waals surface area contributed by atoms with Crippen molar-refractivity contribution in [2.75, 3.05) is 34.4 Å². The number of piperidine rings is 1. The number of benzene rings is 1. The van der Waals surface area contributed by atoms with Crippen LogP contribution in [0.4, 0.5) is 0 Å². The Bertz CT molecular complexity index is 1290. The van der Waals surface area contributed by atoms with Crippen molar-refractivity contribution in [2.45, 2.75) is 93.5 Å². The predicted octanol–water partition coefficient (Wildman–Crippen LogP) is 2.39. The molecule has 1 aliphatic heterocycles. The number of nitrogens with zero attached hydrogens (tertiary/aromatic N) is 1. The van der Waals surface area contributed by atoms with E-state index in [0.717, 1.165) is 6.54 Å². The molecule has 7 bridgehead atoms. The molecule has 1 spiro atoms. The van der Waals surface area contributed by atoms with Crippen LogP contribution in [0.25, 0.3) is 0 Å². The summed E-state index contributed by atoms with van der Waals surface area (Å²) in [5, 5.41) is 25.7. The highest BCUT2D eigenvalue weighted by atomic mass is 16.6. The predicted molar refractivity (Wildman–Crippen MR) is 152 cm³/mol. The zero-order valence-electron chi connectivity index (χ0n) is 25.4. The molecule has 1 aromatic rings. The number of fused-ring (bicyclic) bond motifs is 2. The van der Waals surface area contributed by atoms with Gasteiger partial charge in [0.2, 0.25) is 0 Å². The van der Waals surface area contributed by atoms with Gasteiger partial charge in [0, 0.05) is 75.8 Å². The molecule has 0 aromatic heterocycles. The number of carbonyl (C=O) groups is 2. The van der Waals surface area contributed by atoms with Crippen LogP contribution >= 0.6 is 0 Å². The Balaban J connectivity index is 1.38. The summed E-state index contributed by atoms with van der Waals surface area (Å²) in [7, 11) is 5.07. The second-order valence-corrected chi connectivity index (χ2v) is 14.0. The van der Waals surface area contributed by atoms with Gasteiger partial charge in [-0.1, -0.05) is 25.1 Å². The Morgan fingerprint density at radius 1 is 1.05 bits per heavy atom. The minimum absolute atomic E-state index is 0.0129. The van der Waals surface area contributed by atoms with Crippen molar-refractivity contribution in [3.63, 3.8) is 0 Å². The van der Waals surface area contributed by atoms with Crippen molar-refractivity contribution < 1.29 is 38.7 Å². The van der Waals surface area contributed by atoms with E-state index in [1.807, 2.05) is 12.1 Å². The number of esters is 1. The van der Waals surface area contributed by atoms with Gasteiger partial charge in [-0.2, -0.15) is 0 Å². The lowest BCUT2D eigenvalue weighted by Gasteiger charge is -2.70. The van der Waals surface area contributed by atoms with E-state index in [1.54, 1.807) is 33.5 Å². The fourth-order valence-electron chi connectivity index (χ4n) is 11.8. The van der Waals surface area contributed by atoms with Crippen LogP contribution in [0.3, 0.4) is 0 Å². The van der Waals surface area contributed by atoms with Crippen LogP contribution in [-0.4, -0.2) is 102 Å². The maximum atomic E-state index is 14.1. The van der Waals surface area contributed by atoms with Gasteiger partial charge in [0.15, 0.2) is 0 Å². The Morgan fingerprint density at radius 2 is 1.81 bits per heavy atom. The molecular weight excluding hydrogens is 538 g/mol. The molecular formula is C33H45NO8. The number of likely N-dealkylation sites (N-methyl/N-ethyl adjacent to an activating group) is 1. The average molecular weight is 584 g/mol. The summed E-state index contributed by atoms with van der Waals surface area (Å²) in [6.07, 6.45) is 2.17. The molecule has 5 saturated carbocycles. The van der Waals surface area contributed by atoms with Crippen LogP contribution in [0.2, 0.25) is 0 Å². The van der Waals surface area contributed by atoms with E-state index in [1.165, 1.54) is 6.92 Å². The number of ether oxygens (including phenoxy) is 4. The van der Waals surface area contributed by atoms with E-state index in [-0.39, 0.29) is 54.1 Å². The molecule has 6 fully saturated rings. The SMILES string of the molecule is CCN1C[C@]2(OC(=O)c3ccccc3CC(C)=O)CC[C@H](OC)[C@@]34C2CC([C@@H]13)[C@@]1(O)C[C@H](OC)[C@H]2CC4[C@]1(O)[C@H]2OC. The van der Waals surface area contributed by atoms with Gasteiger partial charge in [-0.25, -0.2) is 4.79 Å². The zero-order valence-corrected chi connectivity index (χ0v) is 25.4. The fraction of sp³-hybridized carbons (Fsp3) is 0.758. The summed E-state index contributed by atoms with van der Waals surface area (Å²) in [4.78, 5) is 28.5. The molecule has 9 nitrogen and oxygen atoms in total. The maximum Gasteiger partial charge on any atom is 0.339 e. The molecule has 3 unspecified atom stereocenters. The van der Waals surface area contributed by atoms with Crippen LogP contribution in [0.15, 0.2) is 24.3 Å². The van der Waals surface area contributed by atoms with E-state index in [2.05, 4.69) is 11.8 Å². The molecule has 7 rings (SSSR count). The molecule has 42 heavy (non-hydrogen) atoms. The van der Waals surface area contributed by atoms with Gasteiger partial charge in [-0.3, -0.25) is 9.69 Å². The van der Waals surface area contributed by atoms with Gasteiger partial charge in [-0.05, 0) is 50.8 Å². The second-order valence-electron chi connectivity index (χ2n) is 14.0. The van der Waals surface area contributed by atoms with Crippen LogP contribution in [0.1, 0.15) is 61.9 Å². The number of Topliss-reactive ketones (excluding diaryl/α,β-unsaturated/α-hetero) is 1. The third-order valence-corrected chi connectivity index (χ3v) is 12.9. The van der Waals surface area contributed by atoms with Gasteiger partial charge < -0.3 is 29.2 Å². The Morgan fingerprint density at radius 3 is 2.48 bits per heavy atom. The number of carbonyl (C=O) groups excluding carboxylic acids is 2. The molecule has 1 aromatic carbocycles. The van der Waals surface area contributed by atoms with Crippen LogP contribution in [0.5, 0.6) is 0 Å². The van der Waals surface area contributed by atoms with Crippen molar-refractivity contribution >= 4 is 11.8 Å². The molecule has 1 heterocycles. The minimum atomic E-state index is -1.47. The summed E-state index contributed by atoms with van der Waals surface area (Å²) in [6.45, 7) is 4.94. The first-order valence-corrected chi connectivity index (χ1v) is 15.6. The smallest absolute Gasteiger partial charge is 0.339 e. The number of rotatable bonds is 8. The highest BCUT2D eigenvalue weighted by molar-refractivity contribution is 5.93. The number of likely N-dealkylation sites (tertiary alicyclic amines) is 1. The third-order valence-electron chi connectivity index (χ3n) is 12.9. The quantitative estimate of drug-likeness (QED) is 0.445. The van der Waals surface area contributed by atoms with E-state index in [0.29, 0.717) is 49.8 Å². The lowest BCUT2D eigenvalue weighted by molar-refractivity contribution is -0.337. The fourth-order valence-corrected chi connectivity index (χ4v) is 11.8. The largest absolute Gasteiger partial charge is 0.454 e. The van der Waals surface area contributed by atoms with E-state index in [4.69, 9.17) is 18.9 Å². The van der Waals surface area contributed by atoms with Gasteiger partial charge in [0.25, 0.3) is 0 Å². The van der Waals surface area contributed by atoms with E-state index < -0.39 is 34.3 Å². The lowest BCUT2D eigenvalue weighted by atomic mass is 9.44. The van der Waals surface area contributed by atoms with E-state index in [9.17, 15) is 19.8 Å². The van der Waals surface area contributed by atoms with Gasteiger partial charge in [0.1, 0.15) is 22.6 Å². The minimum Gasteiger partial charge on any atom is -0.454 e. The average Bonchev–Trinajstić information content (AvgIpc) is 3.39. The van der Waals surface area contributed by atoms with Crippen molar-refractivity contribution in [1.82, 2.24) is 4.90 Å². The van der Waals surface area contributed by atoms with Gasteiger partial charge in [0.05, 0.1) is 23.9 Å². The highest BCUT2D eigenvalue weighted by Crippen LogP contribution is 2.79. The molecule has 9 heteroatoms. The maximum absolute atomic E-state index is 14.1.